The van der Waals surface area contributed by atoms with E-state index in [0.29, 0.717) is 29.4 Å². The van der Waals surface area contributed by atoms with Crippen LogP contribution in [0.15, 0.2) is 11.1 Å². The number of carbonyl (C=O) groups is 1. The Morgan fingerprint density at radius 3 is 2.77 bits per heavy atom. The SMILES string of the molecule is C#C/N=C\C(=C/CCl)c1nc(C(=O)O)nc(N)c1NCC1CCCCC1. The number of terminal acetylenes is 1. The van der Waals surface area contributed by atoms with Crippen LogP contribution in [0, 0.1) is 18.4 Å². The van der Waals surface area contributed by atoms with Crippen molar-refractivity contribution in [2.24, 2.45) is 10.9 Å². The van der Waals surface area contributed by atoms with Crippen molar-refractivity contribution in [3.8, 4) is 12.5 Å². The van der Waals surface area contributed by atoms with Gasteiger partial charge in [-0.1, -0.05) is 31.8 Å². The van der Waals surface area contributed by atoms with E-state index < -0.39 is 11.8 Å². The molecular formula is C18H22ClN5O2. The quantitative estimate of drug-likeness (QED) is 0.383. The number of nitrogen functional groups attached to an aromatic ring is 1. The van der Waals surface area contributed by atoms with Gasteiger partial charge in [0.25, 0.3) is 0 Å². The maximum absolute atomic E-state index is 11.3. The molecule has 2 rings (SSSR count). The second-order valence-electron chi connectivity index (χ2n) is 6.05. The van der Waals surface area contributed by atoms with Gasteiger partial charge in [0.15, 0.2) is 5.82 Å². The number of nitrogens with two attached hydrogens (primary N) is 1. The summed E-state index contributed by atoms with van der Waals surface area (Å²) < 4.78 is 0. The number of nitrogens with zero attached hydrogens (tertiary/aromatic N) is 3. The molecule has 7 nitrogen and oxygen atoms in total. The van der Waals surface area contributed by atoms with Crippen molar-refractivity contribution < 1.29 is 9.90 Å². The second kappa shape index (κ2) is 9.78. The van der Waals surface area contributed by atoms with Gasteiger partial charge in [-0.05, 0) is 18.8 Å². The molecule has 0 aromatic carbocycles. The van der Waals surface area contributed by atoms with Gasteiger partial charge in [-0.3, -0.25) is 0 Å². The topological polar surface area (TPSA) is 113 Å². The molecule has 1 aromatic rings. The number of anilines is 2. The predicted molar refractivity (Wildman–Crippen MR) is 104 cm³/mol. The van der Waals surface area contributed by atoms with E-state index in [0.717, 1.165) is 12.8 Å². The molecule has 138 valence electrons. The van der Waals surface area contributed by atoms with Gasteiger partial charge in [-0.15, -0.1) is 11.6 Å². The number of carboxylic acid groups (broad SMARTS) is 1. The number of aromatic nitrogens is 2. The number of aromatic carboxylic acids is 1. The van der Waals surface area contributed by atoms with E-state index in [1.54, 1.807) is 6.08 Å². The van der Waals surface area contributed by atoms with Gasteiger partial charge in [0.1, 0.15) is 11.4 Å². The van der Waals surface area contributed by atoms with Crippen LogP contribution in [0.2, 0.25) is 0 Å². The van der Waals surface area contributed by atoms with E-state index in [1.165, 1.54) is 25.5 Å². The summed E-state index contributed by atoms with van der Waals surface area (Å²) in [5.74, 6) is -0.876. The number of allylic oxidation sites excluding steroid dienone is 2. The summed E-state index contributed by atoms with van der Waals surface area (Å²) in [5.41, 5.74) is 7.30. The van der Waals surface area contributed by atoms with Gasteiger partial charge < -0.3 is 16.2 Å². The molecule has 4 N–H and O–H groups in total. The fourth-order valence-corrected chi connectivity index (χ4v) is 3.16. The summed E-state index contributed by atoms with van der Waals surface area (Å²) in [6.07, 6.45) is 14.2. The number of hydrogen-bond donors (Lipinski definition) is 3. The zero-order chi connectivity index (χ0) is 18.9. The van der Waals surface area contributed by atoms with Gasteiger partial charge in [0.2, 0.25) is 5.82 Å². The molecule has 0 unspecified atom stereocenters. The highest BCUT2D eigenvalue weighted by molar-refractivity contribution is 6.21. The highest BCUT2D eigenvalue weighted by Gasteiger charge is 2.20. The molecule has 0 saturated heterocycles. The molecule has 1 fully saturated rings. The zero-order valence-corrected chi connectivity index (χ0v) is 15.2. The first-order valence-electron chi connectivity index (χ1n) is 8.46. The van der Waals surface area contributed by atoms with Crippen LogP contribution in [0.3, 0.4) is 0 Å². The average Bonchev–Trinajstić information content (AvgIpc) is 2.64. The fraction of sp³-hybridized carbons (Fsp3) is 0.444. The highest BCUT2D eigenvalue weighted by atomic mass is 35.5. The van der Waals surface area contributed by atoms with Crippen LogP contribution in [-0.4, -0.2) is 39.7 Å². The van der Waals surface area contributed by atoms with Crippen molar-refractivity contribution in [2.45, 2.75) is 32.1 Å². The van der Waals surface area contributed by atoms with Gasteiger partial charge in [-0.25, -0.2) is 19.8 Å². The van der Waals surface area contributed by atoms with Crippen LogP contribution >= 0.6 is 11.6 Å². The molecule has 0 atom stereocenters. The van der Waals surface area contributed by atoms with Crippen LogP contribution in [0.4, 0.5) is 11.5 Å². The van der Waals surface area contributed by atoms with Crippen molar-refractivity contribution in [3.05, 3.63) is 17.6 Å². The van der Waals surface area contributed by atoms with Crippen molar-refractivity contribution in [1.29, 1.82) is 0 Å². The molecule has 26 heavy (non-hydrogen) atoms. The Bertz CT molecular complexity index is 749. The van der Waals surface area contributed by atoms with Gasteiger partial charge in [0.05, 0.1) is 0 Å². The van der Waals surface area contributed by atoms with Crippen molar-refractivity contribution in [2.75, 3.05) is 23.5 Å². The number of alkyl halides is 1. The third-order valence-corrected chi connectivity index (χ3v) is 4.42. The summed E-state index contributed by atoms with van der Waals surface area (Å²) in [4.78, 5) is 23.1. The van der Waals surface area contributed by atoms with Crippen molar-refractivity contribution in [1.82, 2.24) is 9.97 Å². The summed E-state index contributed by atoms with van der Waals surface area (Å²) in [5, 5.41) is 12.5. The monoisotopic (exact) mass is 375 g/mol. The molecule has 0 amide bonds. The van der Waals surface area contributed by atoms with E-state index >= 15 is 0 Å². The van der Waals surface area contributed by atoms with Crippen molar-refractivity contribution in [3.63, 3.8) is 0 Å². The minimum Gasteiger partial charge on any atom is -0.475 e. The number of aliphatic imine (C=N–C) groups is 1. The first kappa shape index (κ1) is 19.7. The van der Waals surface area contributed by atoms with Crippen molar-refractivity contribution >= 4 is 40.9 Å². The molecule has 1 saturated carbocycles. The lowest BCUT2D eigenvalue weighted by molar-refractivity contribution is 0.0683. The van der Waals surface area contributed by atoms with Gasteiger partial charge in [-0.2, -0.15) is 0 Å². The summed E-state index contributed by atoms with van der Waals surface area (Å²) in [6.45, 7) is 0.716. The minimum atomic E-state index is -1.27. The Hall–Kier alpha value is -2.59. The first-order valence-corrected chi connectivity index (χ1v) is 9.00. The largest absolute Gasteiger partial charge is 0.475 e. The fourth-order valence-electron chi connectivity index (χ4n) is 3.00. The molecule has 1 aromatic heterocycles. The Kier molecular flexibility index (Phi) is 7.42. The Labute approximate surface area is 157 Å². The molecule has 8 heteroatoms. The second-order valence-corrected chi connectivity index (χ2v) is 6.36. The van der Waals surface area contributed by atoms with Crippen LogP contribution in [0.25, 0.3) is 5.57 Å². The number of nitrogens with one attached hydrogen (secondary N) is 1. The van der Waals surface area contributed by atoms with E-state index in [4.69, 9.17) is 23.8 Å². The zero-order valence-electron chi connectivity index (χ0n) is 14.4. The molecule has 0 radical (unpaired) electrons. The summed E-state index contributed by atoms with van der Waals surface area (Å²) in [7, 11) is 0. The lowest BCUT2D eigenvalue weighted by Crippen LogP contribution is -2.20. The maximum atomic E-state index is 11.3. The predicted octanol–water partition coefficient (Wildman–Crippen LogP) is 3.03. The number of rotatable bonds is 7. The third-order valence-electron chi connectivity index (χ3n) is 4.27. The standard InChI is InChI=1S/C18H22ClN5O2/c1-2-21-11-13(8-9-19)14-15(16(20)24-17(23-14)18(25)26)22-10-12-6-4-3-5-7-12/h1,8,11-12,22H,3-7,9-10H2,(H,25,26)(H2,20,23,24)/b13-8+,21-11-. The van der Waals surface area contributed by atoms with Crippen LogP contribution in [0.5, 0.6) is 0 Å². The Balaban J connectivity index is 2.40. The van der Waals surface area contributed by atoms with Gasteiger partial charge in [0, 0.05) is 30.3 Å². The molecule has 1 aliphatic rings. The van der Waals surface area contributed by atoms with Crippen LogP contribution < -0.4 is 11.1 Å². The molecule has 0 bridgehead atoms. The molecule has 1 aliphatic carbocycles. The lowest BCUT2D eigenvalue weighted by Gasteiger charge is -2.23. The third kappa shape index (κ3) is 5.20. The van der Waals surface area contributed by atoms with Crippen LogP contribution in [-0.2, 0) is 0 Å². The molecular weight excluding hydrogens is 354 g/mol. The maximum Gasteiger partial charge on any atom is 0.374 e. The van der Waals surface area contributed by atoms with E-state index in [-0.39, 0.29) is 11.7 Å². The van der Waals surface area contributed by atoms with E-state index in [1.807, 2.05) is 0 Å². The minimum absolute atomic E-state index is 0.0674. The molecule has 1 heterocycles. The Morgan fingerprint density at radius 2 is 2.15 bits per heavy atom. The number of hydrogen-bond acceptors (Lipinski definition) is 6. The molecule has 0 spiro atoms. The van der Waals surface area contributed by atoms with Crippen LogP contribution in [0.1, 0.15) is 48.4 Å². The Morgan fingerprint density at radius 1 is 1.42 bits per heavy atom. The highest BCUT2D eigenvalue weighted by Crippen LogP contribution is 2.29. The normalized spacial score (nSPS) is 15.8. The van der Waals surface area contributed by atoms with Gasteiger partial charge >= 0.3 is 5.97 Å². The lowest BCUT2D eigenvalue weighted by atomic mass is 9.89. The van der Waals surface area contributed by atoms with E-state index in [2.05, 4.69) is 26.3 Å². The first-order chi connectivity index (χ1) is 12.6. The van der Waals surface area contributed by atoms with E-state index in [9.17, 15) is 9.90 Å². The smallest absolute Gasteiger partial charge is 0.374 e. The summed E-state index contributed by atoms with van der Waals surface area (Å²) in [6, 6.07) is 2.16. The number of halogens is 1. The summed E-state index contributed by atoms with van der Waals surface area (Å²) >= 11 is 5.82. The molecule has 0 aliphatic heterocycles. The average molecular weight is 376 g/mol. The number of carboxylic acids is 1.